The molecular formula is C15H13IO. The highest BCUT2D eigenvalue weighted by atomic mass is 127. The normalized spacial score (nSPS) is 12.1. The average molecular weight is 336 g/mol. The molecule has 0 radical (unpaired) electrons. The number of hydrogen-bond donors (Lipinski definition) is 0. The van der Waals surface area contributed by atoms with Crippen LogP contribution in [0.1, 0.15) is 26.3 Å². The van der Waals surface area contributed by atoms with Crippen LogP contribution in [-0.4, -0.2) is 5.78 Å². The molecule has 0 aliphatic heterocycles. The predicted octanol–water partition coefficient (Wildman–Crippen LogP) is 4.44. The van der Waals surface area contributed by atoms with Crippen molar-refractivity contribution in [3.63, 3.8) is 0 Å². The van der Waals surface area contributed by atoms with Crippen LogP contribution < -0.4 is 0 Å². The van der Waals surface area contributed by atoms with Gasteiger partial charge in [-0.25, -0.2) is 0 Å². The summed E-state index contributed by atoms with van der Waals surface area (Å²) in [6.45, 7) is 0. The van der Waals surface area contributed by atoms with Gasteiger partial charge in [0, 0.05) is 15.9 Å². The molecule has 1 unspecified atom stereocenters. The summed E-state index contributed by atoms with van der Waals surface area (Å²) < 4.78 is 0.238. The Hall–Kier alpha value is -1.16. The number of hydrogen-bond acceptors (Lipinski definition) is 1. The molecule has 0 aromatic heterocycles. The van der Waals surface area contributed by atoms with E-state index in [4.69, 9.17) is 0 Å². The van der Waals surface area contributed by atoms with Crippen molar-refractivity contribution in [3.05, 3.63) is 71.8 Å². The number of alkyl halides is 1. The van der Waals surface area contributed by atoms with Crippen LogP contribution in [0, 0.1) is 0 Å². The van der Waals surface area contributed by atoms with Crippen molar-refractivity contribution in [1.82, 2.24) is 0 Å². The van der Waals surface area contributed by atoms with Gasteiger partial charge in [-0.15, -0.1) is 0 Å². The standard InChI is InChI=1S/C15H13IO/c16-14(12-7-3-1-4-8-12)11-15(17)13-9-5-2-6-10-13/h1-10,14H,11H2. The highest BCUT2D eigenvalue weighted by Gasteiger charge is 2.13. The van der Waals surface area contributed by atoms with E-state index in [1.165, 1.54) is 5.56 Å². The van der Waals surface area contributed by atoms with Crippen LogP contribution in [0.5, 0.6) is 0 Å². The van der Waals surface area contributed by atoms with Crippen LogP contribution in [0.25, 0.3) is 0 Å². The first-order valence-electron chi connectivity index (χ1n) is 5.54. The molecule has 0 aliphatic rings. The Balaban J connectivity index is 2.05. The highest BCUT2D eigenvalue weighted by Crippen LogP contribution is 2.28. The molecule has 0 bridgehead atoms. The number of carbonyl (C=O) groups is 1. The van der Waals surface area contributed by atoms with Crippen molar-refractivity contribution < 1.29 is 4.79 Å². The molecule has 2 rings (SSSR count). The minimum absolute atomic E-state index is 0.203. The maximum atomic E-state index is 12.0. The van der Waals surface area contributed by atoms with Crippen LogP contribution in [-0.2, 0) is 0 Å². The zero-order valence-electron chi connectivity index (χ0n) is 9.34. The third kappa shape index (κ3) is 3.40. The first-order valence-corrected chi connectivity index (χ1v) is 6.79. The molecule has 0 amide bonds. The number of Topliss-reactive ketones (excluding diaryl/α,β-unsaturated/α-hetero) is 1. The minimum Gasteiger partial charge on any atom is -0.294 e. The monoisotopic (exact) mass is 336 g/mol. The quantitative estimate of drug-likeness (QED) is 0.458. The number of halogens is 1. The summed E-state index contributed by atoms with van der Waals surface area (Å²) in [7, 11) is 0. The second kappa shape index (κ2) is 5.96. The number of benzene rings is 2. The van der Waals surface area contributed by atoms with Gasteiger partial charge in [-0.2, -0.15) is 0 Å². The van der Waals surface area contributed by atoms with E-state index in [2.05, 4.69) is 34.7 Å². The average Bonchev–Trinajstić information content (AvgIpc) is 2.40. The van der Waals surface area contributed by atoms with E-state index in [0.29, 0.717) is 6.42 Å². The van der Waals surface area contributed by atoms with Crippen molar-refractivity contribution >= 4 is 28.4 Å². The summed E-state index contributed by atoms with van der Waals surface area (Å²) in [6, 6.07) is 19.6. The molecule has 1 nitrogen and oxygen atoms in total. The van der Waals surface area contributed by atoms with Crippen LogP contribution >= 0.6 is 22.6 Å². The number of carbonyl (C=O) groups excluding carboxylic acids is 1. The van der Waals surface area contributed by atoms with E-state index >= 15 is 0 Å². The summed E-state index contributed by atoms with van der Waals surface area (Å²) in [5.41, 5.74) is 2.00. The first kappa shape index (κ1) is 12.3. The molecule has 0 saturated heterocycles. The van der Waals surface area contributed by atoms with Crippen LogP contribution in [0.3, 0.4) is 0 Å². The van der Waals surface area contributed by atoms with Gasteiger partial charge in [0.2, 0.25) is 0 Å². The predicted molar refractivity (Wildman–Crippen MR) is 78.6 cm³/mol. The lowest BCUT2D eigenvalue weighted by Crippen LogP contribution is -2.02. The summed E-state index contributed by atoms with van der Waals surface area (Å²) in [5.74, 6) is 0.203. The molecule has 0 heterocycles. The summed E-state index contributed by atoms with van der Waals surface area (Å²) in [6.07, 6.45) is 0.550. The second-order valence-electron chi connectivity index (χ2n) is 3.87. The summed E-state index contributed by atoms with van der Waals surface area (Å²) in [5, 5.41) is 0. The molecule has 0 N–H and O–H groups in total. The van der Waals surface area contributed by atoms with Gasteiger partial charge in [-0.3, -0.25) is 4.79 Å². The lowest BCUT2D eigenvalue weighted by Gasteiger charge is -2.09. The maximum absolute atomic E-state index is 12.0. The van der Waals surface area contributed by atoms with Crippen LogP contribution in [0.15, 0.2) is 60.7 Å². The molecule has 2 heteroatoms. The van der Waals surface area contributed by atoms with E-state index in [1.807, 2.05) is 48.5 Å². The Labute approximate surface area is 115 Å². The van der Waals surface area contributed by atoms with Crippen LogP contribution in [0.2, 0.25) is 0 Å². The Morgan fingerprint density at radius 1 is 0.941 bits per heavy atom. The van der Waals surface area contributed by atoms with Crippen molar-refractivity contribution in [2.24, 2.45) is 0 Å². The van der Waals surface area contributed by atoms with Crippen molar-refractivity contribution in [3.8, 4) is 0 Å². The molecule has 17 heavy (non-hydrogen) atoms. The molecule has 2 aromatic carbocycles. The van der Waals surface area contributed by atoms with Gasteiger partial charge in [-0.1, -0.05) is 83.3 Å². The molecule has 0 spiro atoms. The van der Waals surface area contributed by atoms with E-state index < -0.39 is 0 Å². The molecule has 0 saturated carbocycles. The minimum atomic E-state index is 0.203. The SMILES string of the molecule is O=C(CC(I)c1ccccc1)c1ccccc1. The van der Waals surface area contributed by atoms with Gasteiger partial charge in [-0.05, 0) is 5.56 Å². The van der Waals surface area contributed by atoms with Gasteiger partial charge in [0.05, 0.1) is 0 Å². The van der Waals surface area contributed by atoms with Gasteiger partial charge in [0.1, 0.15) is 0 Å². The van der Waals surface area contributed by atoms with E-state index in [1.54, 1.807) is 0 Å². The lowest BCUT2D eigenvalue weighted by atomic mass is 10.0. The summed E-state index contributed by atoms with van der Waals surface area (Å²) >= 11 is 2.33. The van der Waals surface area contributed by atoms with Gasteiger partial charge in [0.15, 0.2) is 5.78 Å². The molecule has 0 aliphatic carbocycles. The molecular weight excluding hydrogens is 323 g/mol. The molecule has 0 fully saturated rings. The Bertz CT molecular complexity index is 479. The Morgan fingerprint density at radius 3 is 2.06 bits per heavy atom. The fourth-order valence-corrected chi connectivity index (χ4v) is 2.50. The van der Waals surface area contributed by atoms with Crippen molar-refractivity contribution in [2.45, 2.75) is 10.3 Å². The second-order valence-corrected chi connectivity index (χ2v) is 5.38. The maximum Gasteiger partial charge on any atom is 0.164 e. The zero-order valence-corrected chi connectivity index (χ0v) is 11.5. The number of rotatable bonds is 4. The number of ketones is 1. The molecule has 1 atom stereocenters. The smallest absolute Gasteiger partial charge is 0.164 e. The third-order valence-corrected chi connectivity index (χ3v) is 3.78. The highest BCUT2D eigenvalue weighted by molar-refractivity contribution is 14.1. The van der Waals surface area contributed by atoms with Crippen molar-refractivity contribution in [1.29, 1.82) is 0 Å². The first-order chi connectivity index (χ1) is 8.27. The fourth-order valence-electron chi connectivity index (χ4n) is 1.68. The van der Waals surface area contributed by atoms with E-state index in [9.17, 15) is 4.79 Å². The lowest BCUT2D eigenvalue weighted by molar-refractivity contribution is 0.0983. The van der Waals surface area contributed by atoms with Gasteiger partial charge < -0.3 is 0 Å². The Morgan fingerprint density at radius 2 is 1.47 bits per heavy atom. The third-order valence-electron chi connectivity index (χ3n) is 2.62. The van der Waals surface area contributed by atoms with Crippen LogP contribution in [0.4, 0.5) is 0 Å². The molecule has 2 aromatic rings. The molecule has 86 valence electrons. The topological polar surface area (TPSA) is 17.1 Å². The van der Waals surface area contributed by atoms with Crippen molar-refractivity contribution in [2.75, 3.05) is 0 Å². The van der Waals surface area contributed by atoms with Gasteiger partial charge in [0.25, 0.3) is 0 Å². The zero-order chi connectivity index (χ0) is 12.1. The largest absolute Gasteiger partial charge is 0.294 e. The fraction of sp³-hybridized carbons (Fsp3) is 0.133. The van der Waals surface area contributed by atoms with Gasteiger partial charge >= 0.3 is 0 Å². The Kier molecular flexibility index (Phi) is 4.31. The van der Waals surface area contributed by atoms with E-state index in [-0.39, 0.29) is 9.71 Å². The summed E-state index contributed by atoms with van der Waals surface area (Å²) in [4.78, 5) is 12.0. The van der Waals surface area contributed by atoms with E-state index in [0.717, 1.165) is 5.56 Å².